The maximum atomic E-state index is 12.8. The van der Waals surface area contributed by atoms with Gasteiger partial charge in [-0.1, -0.05) is 36.0 Å². The average Bonchev–Trinajstić information content (AvgIpc) is 2.86. The van der Waals surface area contributed by atoms with E-state index >= 15 is 0 Å². The van der Waals surface area contributed by atoms with Crippen LogP contribution in [0.1, 0.15) is 11.1 Å². The molecule has 2 N–H and O–H groups in total. The summed E-state index contributed by atoms with van der Waals surface area (Å²) in [5.41, 5.74) is 7.31. The summed E-state index contributed by atoms with van der Waals surface area (Å²) in [6.45, 7) is 0.0988. The monoisotopic (exact) mass is 458 g/mol. The number of carbonyl (C=O) groups excluding carboxylic acids is 1. The molecule has 4 rings (SSSR count). The fourth-order valence-electron chi connectivity index (χ4n) is 3.36. The smallest absolute Gasteiger partial charge is 0.191 e. The maximum Gasteiger partial charge on any atom is 0.191 e. The van der Waals surface area contributed by atoms with Gasteiger partial charge < -0.3 is 19.9 Å². The summed E-state index contributed by atoms with van der Waals surface area (Å²) >= 11 is 1.07. The van der Waals surface area contributed by atoms with E-state index in [-0.39, 0.29) is 40.1 Å². The summed E-state index contributed by atoms with van der Waals surface area (Å²) in [6.07, 6.45) is -0.769. The van der Waals surface area contributed by atoms with Gasteiger partial charge in [0.15, 0.2) is 23.4 Å². The molecule has 8 nitrogen and oxygen atoms in total. The Morgan fingerprint density at radius 1 is 1.15 bits per heavy atom. The van der Waals surface area contributed by atoms with Crippen LogP contribution in [-0.4, -0.2) is 36.3 Å². The number of nitrogen functional groups attached to an aromatic ring is 1. The second-order valence-corrected chi connectivity index (χ2v) is 7.96. The summed E-state index contributed by atoms with van der Waals surface area (Å²) < 4.78 is 16.6. The van der Waals surface area contributed by atoms with Crippen molar-refractivity contribution in [3.8, 4) is 40.5 Å². The van der Waals surface area contributed by atoms with E-state index in [4.69, 9.17) is 19.9 Å². The van der Waals surface area contributed by atoms with Crippen LogP contribution in [0.5, 0.6) is 17.2 Å². The number of pyridine rings is 1. The lowest BCUT2D eigenvalue weighted by Crippen LogP contribution is -2.37. The van der Waals surface area contributed by atoms with E-state index in [2.05, 4.69) is 11.1 Å². The maximum absolute atomic E-state index is 12.8. The number of ether oxygens (including phenoxy) is 3. The van der Waals surface area contributed by atoms with Crippen molar-refractivity contribution in [3.63, 3.8) is 0 Å². The molecule has 0 saturated heterocycles. The van der Waals surface area contributed by atoms with Gasteiger partial charge in [-0.2, -0.15) is 10.5 Å². The minimum atomic E-state index is -0.769. The van der Waals surface area contributed by atoms with Crippen molar-refractivity contribution in [3.05, 3.63) is 59.7 Å². The van der Waals surface area contributed by atoms with Crippen LogP contribution in [0.3, 0.4) is 0 Å². The molecule has 0 saturated carbocycles. The zero-order valence-corrected chi connectivity index (χ0v) is 18.4. The van der Waals surface area contributed by atoms with Gasteiger partial charge >= 0.3 is 0 Å². The normalized spacial score (nSPS) is 14.1. The van der Waals surface area contributed by atoms with Crippen LogP contribution >= 0.6 is 11.8 Å². The quantitative estimate of drug-likeness (QED) is 0.550. The third kappa shape index (κ3) is 4.40. The number of nitrogens with two attached hydrogens (primary N) is 1. The predicted molar refractivity (Wildman–Crippen MR) is 122 cm³/mol. The Morgan fingerprint density at radius 2 is 1.85 bits per heavy atom. The van der Waals surface area contributed by atoms with Gasteiger partial charge in [0.05, 0.1) is 18.4 Å². The first-order valence-electron chi connectivity index (χ1n) is 9.87. The van der Waals surface area contributed by atoms with Gasteiger partial charge in [-0.3, -0.25) is 4.79 Å². The Morgan fingerprint density at radius 3 is 2.52 bits per heavy atom. The number of para-hydroxylation sites is 2. The van der Waals surface area contributed by atoms with Gasteiger partial charge in [-0.25, -0.2) is 4.98 Å². The first-order chi connectivity index (χ1) is 16.0. The molecule has 1 aliphatic rings. The number of methoxy groups -OCH3 is 1. The van der Waals surface area contributed by atoms with Crippen molar-refractivity contribution in [2.45, 2.75) is 11.1 Å². The summed E-state index contributed by atoms with van der Waals surface area (Å²) in [4.78, 5) is 17.0. The minimum absolute atomic E-state index is 0.00866. The Bertz CT molecular complexity index is 1300. The van der Waals surface area contributed by atoms with E-state index in [0.717, 1.165) is 11.8 Å². The molecule has 2 aromatic carbocycles. The van der Waals surface area contributed by atoms with Crippen molar-refractivity contribution >= 4 is 23.4 Å². The van der Waals surface area contributed by atoms with Gasteiger partial charge in [0.25, 0.3) is 0 Å². The number of hydrogen-bond acceptors (Lipinski definition) is 9. The molecule has 0 radical (unpaired) electrons. The summed E-state index contributed by atoms with van der Waals surface area (Å²) in [5.74, 6) is 1.50. The van der Waals surface area contributed by atoms with Gasteiger partial charge in [-0.05, 0) is 29.8 Å². The van der Waals surface area contributed by atoms with Gasteiger partial charge in [0.2, 0.25) is 0 Å². The van der Waals surface area contributed by atoms with E-state index in [1.165, 1.54) is 0 Å². The minimum Gasteiger partial charge on any atom is -0.497 e. The molecule has 0 aliphatic carbocycles. The largest absolute Gasteiger partial charge is 0.497 e. The van der Waals surface area contributed by atoms with Crippen LogP contribution in [0.25, 0.3) is 11.1 Å². The van der Waals surface area contributed by atoms with Crippen molar-refractivity contribution in [2.75, 3.05) is 25.2 Å². The molecule has 0 spiro atoms. The van der Waals surface area contributed by atoms with Crippen molar-refractivity contribution < 1.29 is 19.0 Å². The number of fused-ring (bicyclic) bond motifs is 1. The second-order valence-electron chi connectivity index (χ2n) is 7.00. The molecular formula is C24H18N4O4S. The number of nitrogens with zero attached hydrogens (tertiary/aromatic N) is 3. The van der Waals surface area contributed by atoms with E-state index in [0.29, 0.717) is 28.4 Å². The van der Waals surface area contributed by atoms with E-state index in [1.54, 1.807) is 49.6 Å². The van der Waals surface area contributed by atoms with Crippen molar-refractivity contribution in [1.29, 1.82) is 10.5 Å². The molecular weight excluding hydrogens is 440 g/mol. The first kappa shape index (κ1) is 22.0. The van der Waals surface area contributed by atoms with E-state index in [1.807, 2.05) is 12.1 Å². The Balaban J connectivity index is 1.60. The zero-order chi connectivity index (χ0) is 23.4. The van der Waals surface area contributed by atoms with Crippen LogP contribution in [0.15, 0.2) is 53.6 Å². The summed E-state index contributed by atoms with van der Waals surface area (Å²) in [5, 5.41) is 19.8. The highest BCUT2D eigenvalue weighted by Gasteiger charge is 2.28. The lowest BCUT2D eigenvalue weighted by molar-refractivity contribution is -0.125. The third-order valence-corrected chi connectivity index (χ3v) is 6.01. The van der Waals surface area contributed by atoms with Crippen LogP contribution < -0.4 is 19.9 Å². The highest BCUT2D eigenvalue weighted by atomic mass is 32.2. The fourth-order valence-corrected chi connectivity index (χ4v) is 4.28. The zero-order valence-electron chi connectivity index (χ0n) is 17.6. The highest BCUT2D eigenvalue weighted by Crippen LogP contribution is 2.37. The average molecular weight is 458 g/mol. The molecule has 0 amide bonds. The molecule has 1 aromatic heterocycles. The molecule has 1 unspecified atom stereocenters. The molecule has 0 fully saturated rings. The Kier molecular flexibility index (Phi) is 6.34. The molecule has 9 heteroatoms. The third-order valence-electron chi connectivity index (χ3n) is 5.01. The molecule has 0 bridgehead atoms. The number of benzene rings is 2. The van der Waals surface area contributed by atoms with Gasteiger partial charge in [-0.15, -0.1) is 0 Å². The lowest BCUT2D eigenvalue weighted by Gasteiger charge is -2.25. The number of hydrogen-bond donors (Lipinski definition) is 1. The molecule has 164 valence electrons. The number of thioether (sulfide) groups is 1. The van der Waals surface area contributed by atoms with E-state index < -0.39 is 6.10 Å². The number of ketones is 1. The molecule has 2 heterocycles. The second kappa shape index (κ2) is 9.51. The number of anilines is 1. The Hall–Kier alpha value is -4.21. The molecule has 1 aliphatic heterocycles. The van der Waals surface area contributed by atoms with Crippen molar-refractivity contribution in [2.24, 2.45) is 0 Å². The van der Waals surface area contributed by atoms with Gasteiger partial charge in [0, 0.05) is 5.56 Å². The van der Waals surface area contributed by atoms with Crippen LogP contribution in [0, 0.1) is 22.7 Å². The van der Waals surface area contributed by atoms with Crippen LogP contribution in [0.2, 0.25) is 0 Å². The number of aromatic nitrogens is 1. The van der Waals surface area contributed by atoms with Gasteiger partial charge in [0.1, 0.15) is 40.9 Å². The number of Topliss-reactive ketones (excluding diaryl/α,β-unsaturated/α-hetero) is 1. The summed E-state index contributed by atoms with van der Waals surface area (Å²) in [7, 11) is 1.55. The first-order valence-corrected chi connectivity index (χ1v) is 10.9. The predicted octanol–water partition coefficient (Wildman–Crippen LogP) is 3.58. The fraction of sp³-hybridized carbons (Fsp3) is 0.167. The number of nitriles is 2. The lowest BCUT2D eigenvalue weighted by atomic mass is 9.97. The molecule has 1 atom stereocenters. The summed E-state index contributed by atoms with van der Waals surface area (Å²) in [6, 6.07) is 18.2. The SMILES string of the molecule is COc1ccc(-c2c(C#N)c(N)nc(SCC(=O)C3COc4ccccc4O3)c2C#N)cc1. The molecule has 33 heavy (non-hydrogen) atoms. The molecule has 3 aromatic rings. The number of carbonyl (C=O) groups is 1. The van der Waals surface area contributed by atoms with E-state index in [9.17, 15) is 15.3 Å². The Labute approximate surface area is 194 Å². The number of rotatable bonds is 6. The topological polar surface area (TPSA) is 131 Å². The van der Waals surface area contributed by atoms with Crippen LogP contribution in [0.4, 0.5) is 5.82 Å². The van der Waals surface area contributed by atoms with Crippen LogP contribution in [-0.2, 0) is 4.79 Å². The van der Waals surface area contributed by atoms with Crippen molar-refractivity contribution in [1.82, 2.24) is 4.98 Å². The highest BCUT2D eigenvalue weighted by molar-refractivity contribution is 8.00. The standard InChI is InChI=1S/C24H18N4O4S/c1-30-15-8-6-14(7-9-15)22-16(10-25)23(27)28-24(17(22)11-26)33-13-18(29)21-12-31-19-4-2-3-5-20(19)32-21/h2-9,21H,12-13H2,1H3,(H2,27,28).